The first-order valence-electron chi connectivity index (χ1n) is 6.13. The van der Waals surface area contributed by atoms with Gasteiger partial charge in [-0.2, -0.15) is 0 Å². The molecule has 0 heterocycles. The van der Waals surface area contributed by atoms with E-state index in [9.17, 15) is 18.0 Å². The number of rotatable bonds is 2. The Morgan fingerprint density at radius 1 is 1.10 bits per heavy atom. The SMILES string of the molecule is Cc1ccc(F)c(NC(=O)c2cc(N)c(C)c(F)c2)c1F. The van der Waals surface area contributed by atoms with Gasteiger partial charge in [0.05, 0.1) is 0 Å². The van der Waals surface area contributed by atoms with Crippen molar-refractivity contribution in [2.45, 2.75) is 13.8 Å². The van der Waals surface area contributed by atoms with Crippen molar-refractivity contribution in [1.29, 1.82) is 0 Å². The predicted octanol–water partition coefficient (Wildman–Crippen LogP) is 3.56. The van der Waals surface area contributed by atoms with Crippen LogP contribution in [-0.4, -0.2) is 5.91 Å². The summed E-state index contributed by atoms with van der Waals surface area (Å²) in [4.78, 5) is 12.0. The highest BCUT2D eigenvalue weighted by Crippen LogP contribution is 2.23. The number of hydrogen-bond donors (Lipinski definition) is 2. The molecule has 21 heavy (non-hydrogen) atoms. The summed E-state index contributed by atoms with van der Waals surface area (Å²) < 4.78 is 40.9. The Labute approximate surface area is 119 Å². The molecule has 0 spiro atoms. The van der Waals surface area contributed by atoms with Crippen LogP contribution in [0.3, 0.4) is 0 Å². The zero-order valence-corrected chi connectivity index (χ0v) is 11.4. The fourth-order valence-corrected chi connectivity index (χ4v) is 1.79. The van der Waals surface area contributed by atoms with Crippen molar-refractivity contribution in [3.05, 3.63) is 58.4 Å². The summed E-state index contributed by atoms with van der Waals surface area (Å²) in [5.74, 6) is -3.29. The second-order valence-corrected chi connectivity index (χ2v) is 4.68. The minimum absolute atomic E-state index is 0.0883. The van der Waals surface area contributed by atoms with Gasteiger partial charge in [0.25, 0.3) is 5.91 Å². The van der Waals surface area contributed by atoms with Crippen LogP contribution in [0.5, 0.6) is 0 Å². The van der Waals surface area contributed by atoms with Gasteiger partial charge in [0.15, 0.2) is 5.82 Å². The van der Waals surface area contributed by atoms with Gasteiger partial charge < -0.3 is 11.1 Å². The Morgan fingerprint density at radius 3 is 2.38 bits per heavy atom. The number of carbonyl (C=O) groups is 1. The molecular formula is C15H13F3N2O. The van der Waals surface area contributed by atoms with Crippen molar-refractivity contribution in [2.24, 2.45) is 0 Å². The van der Waals surface area contributed by atoms with Crippen molar-refractivity contribution in [3.8, 4) is 0 Å². The third-order valence-corrected chi connectivity index (χ3v) is 3.17. The van der Waals surface area contributed by atoms with E-state index in [2.05, 4.69) is 5.32 Å². The average Bonchev–Trinajstić information content (AvgIpc) is 2.44. The quantitative estimate of drug-likeness (QED) is 0.832. The molecule has 0 radical (unpaired) electrons. The summed E-state index contributed by atoms with van der Waals surface area (Å²) in [7, 11) is 0. The molecule has 3 nitrogen and oxygen atoms in total. The first-order valence-corrected chi connectivity index (χ1v) is 6.13. The molecule has 6 heteroatoms. The molecule has 0 aliphatic heterocycles. The van der Waals surface area contributed by atoms with Crippen molar-refractivity contribution < 1.29 is 18.0 Å². The van der Waals surface area contributed by atoms with E-state index in [0.29, 0.717) is 0 Å². The second-order valence-electron chi connectivity index (χ2n) is 4.68. The number of benzene rings is 2. The minimum Gasteiger partial charge on any atom is -0.398 e. The van der Waals surface area contributed by atoms with Gasteiger partial charge in [0.2, 0.25) is 0 Å². The molecule has 0 saturated carbocycles. The van der Waals surface area contributed by atoms with Gasteiger partial charge in [-0.15, -0.1) is 0 Å². The van der Waals surface area contributed by atoms with Crippen molar-refractivity contribution in [2.75, 3.05) is 11.1 Å². The maximum Gasteiger partial charge on any atom is 0.255 e. The Bertz CT molecular complexity index is 706. The molecule has 0 fully saturated rings. The molecule has 2 rings (SSSR count). The van der Waals surface area contributed by atoms with Gasteiger partial charge >= 0.3 is 0 Å². The summed E-state index contributed by atoms with van der Waals surface area (Å²) in [6.45, 7) is 2.90. The maximum absolute atomic E-state index is 13.8. The number of anilines is 2. The monoisotopic (exact) mass is 294 g/mol. The minimum atomic E-state index is -0.910. The van der Waals surface area contributed by atoms with Gasteiger partial charge in [-0.25, -0.2) is 13.2 Å². The van der Waals surface area contributed by atoms with Crippen LogP contribution in [0, 0.1) is 31.3 Å². The number of aryl methyl sites for hydroxylation is 1. The third-order valence-electron chi connectivity index (χ3n) is 3.17. The summed E-state index contributed by atoms with van der Waals surface area (Å²) in [5, 5.41) is 2.10. The van der Waals surface area contributed by atoms with Crippen molar-refractivity contribution in [3.63, 3.8) is 0 Å². The van der Waals surface area contributed by atoms with Gasteiger partial charge in [0, 0.05) is 16.8 Å². The lowest BCUT2D eigenvalue weighted by Crippen LogP contribution is -2.15. The molecule has 0 aromatic heterocycles. The van der Waals surface area contributed by atoms with E-state index in [0.717, 1.165) is 12.1 Å². The van der Waals surface area contributed by atoms with Crippen molar-refractivity contribution >= 4 is 17.3 Å². The summed E-state index contributed by atoms with van der Waals surface area (Å²) in [5.41, 5.74) is 5.36. The van der Waals surface area contributed by atoms with E-state index >= 15 is 0 Å². The standard InChI is InChI=1S/C15H13F3N2O/c1-7-3-4-10(16)14(13(7)18)20-15(21)9-5-11(17)8(2)12(19)6-9/h3-6H,19H2,1-2H3,(H,20,21). The Balaban J connectivity index is 2.37. The number of halogens is 3. The highest BCUT2D eigenvalue weighted by Gasteiger charge is 2.17. The van der Waals surface area contributed by atoms with Gasteiger partial charge in [-0.05, 0) is 37.6 Å². The lowest BCUT2D eigenvalue weighted by molar-refractivity contribution is 0.102. The van der Waals surface area contributed by atoms with E-state index in [4.69, 9.17) is 5.73 Å². The molecule has 0 unspecified atom stereocenters. The molecule has 1 amide bonds. The lowest BCUT2D eigenvalue weighted by atomic mass is 10.1. The number of nitrogen functional groups attached to an aromatic ring is 1. The molecule has 0 bridgehead atoms. The zero-order valence-electron chi connectivity index (χ0n) is 11.4. The van der Waals surface area contributed by atoms with Gasteiger partial charge in [-0.1, -0.05) is 6.07 Å². The Morgan fingerprint density at radius 2 is 1.76 bits per heavy atom. The first kappa shape index (κ1) is 14.9. The molecule has 0 aliphatic carbocycles. The Kier molecular flexibility index (Phi) is 3.88. The smallest absolute Gasteiger partial charge is 0.255 e. The first-order chi connectivity index (χ1) is 9.81. The van der Waals surface area contributed by atoms with E-state index in [1.165, 1.54) is 26.0 Å². The van der Waals surface area contributed by atoms with Crippen LogP contribution < -0.4 is 11.1 Å². The van der Waals surface area contributed by atoms with Crippen LogP contribution in [0.2, 0.25) is 0 Å². The van der Waals surface area contributed by atoms with Crippen LogP contribution in [0.1, 0.15) is 21.5 Å². The third kappa shape index (κ3) is 2.84. The molecule has 2 aromatic rings. The van der Waals surface area contributed by atoms with E-state index in [1.807, 2.05) is 0 Å². The summed E-state index contributed by atoms with van der Waals surface area (Å²) in [6.07, 6.45) is 0. The largest absolute Gasteiger partial charge is 0.398 e. The fraction of sp³-hybridized carbons (Fsp3) is 0.133. The number of nitrogens with two attached hydrogens (primary N) is 1. The van der Waals surface area contributed by atoms with Gasteiger partial charge in [0.1, 0.15) is 17.3 Å². The van der Waals surface area contributed by atoms with Crippen LogP contribution in [0.25, 0.3) is 0 Å². The fourth-order valence-electron chi connectivity index (χ4n) is 1.79. The molecule has 0 saturated heterocycles. The molecule has 0 aliphatic rings. The molecule has 110 valence electrons. The Hall–Kier alpha value is -2.50. The zero-order chi connectivity index (χ0) is 15.7. The van der Waals surface area contributed by atoms with E-state index in [1.54, 1.807) is 0 Å². The van der Waals surface area contributed by atoms with Crippen LogP contribution in [-0.2, 0) is 0 Å². The molecule has 2 aromatic carbocycles. The summed E-state index contributed by atoms with van der Waals surface area (Å²) in [6, 6.07) is 4.51. The average molecular weight is 294 g/mol. The number of carbonyl (C=O) groups excluding carboxylic acids is 1. The number of amides is 1. The maximum atomic E-state index is 13.8. The molecular weight excluding hydrogens is 281 g/mol. The van der Waals surface area contributed by atoms with Crippen LogP contribution >= 0.6 is 0 Å². The summed E-state index contributed by atoms with van der Waals surface area (Å²) >= 11 is 0. The number of hydrogen-bond acceptors (Lipinski definition) is 2. The molecule has 0 atom stereocenters. The van der Waals surface area contributed by atoms with Crippen LogP contribution in [0.15, 0.2) is 24.3 Å². The van der Waals surface area contributed by atoms with Crippen molar-refractivity contribution in [1.82, 2.24) is 0 Å². The highest BCUT2D eigenvalue weighted by molar-refractivity contribution is 6.05. The molecule has 3 N–H and O–H groups in total. The highest BCUT2D eigenvalue weighted by atomic mass is 19.1. The lowest BCUT2D eigenvalue weighted by Gasteiger charge is -2.10. The normalized spacial score (nSPS) is 10.5. The van der Waals surface area contributed by atoms with Crippen LogP contribution in [0.4, 0.5) is 24.5 Å². The number of nitrogens with one attached hydrogen (secondary N) is 1. The predicted molar refractivity (Wildman–Crippen MR) is 74.6 cm³/mol. The van der Waals surface area contributed by atoms with E-state index in [-0.39, 0.29) is 22.4 Å². The second kappa shape index (κ2) is 5.47. The van der Waals surface area contributed by atoms with E-state index < -0.39 is 29.0 Å². The topological polar surface area (TPSA) is 55.1 Å². The van der Waals surface area contributed by atoms with Gasteiger partial charge in [-0.3, -0.25) is 4.79 Å².